The Morgan fingerprint density at radius 3 is 2.26 bits per heavy atom. The molecule has 0 saturated carbocycles. The molecule has 2 heteroatoms. The Balaban J connectivity index is 2.61. The van der Waals surface area contributed by atoms with Crippen molar-refractivity contribution in [2.45, 2.75) is 27.7 Å². The normalized spacial score (nSPS) is 11.4. The summed E-state index contributed by atoms with van der Waals surface area (Å²) in [5, 5.41) is 2.55. The van der Waals surface area contributed by atoms with Gasteiger partial charge in [-0.2, -0.15) is 4.57 Å². The zero-order valence-electron chi connectivity index (χ0n) is 12.2. The van der Waals surface area contributed by atoms with Crippen molar-refractivity contribution < 1.29 is 4.57 Å². The summed E-state index contributed by atoms with van der Waals surface area (Å²) in [6.07, 6.45) is 4.17. The molecular formula is C17H19N2+. The Labute approximate surface area is 113 Å². The fourth-order valence-corrected chi connectivity index (χ4v) is 2.81. The highest BCUT2D eigenvalue weighted by molar-refractivity contribution is 6.03. The summed E-state index contributed by atoms with van der Waals surface area (Å²) < 4.78 is 2.20. The highest BCUT2D eigenvalue weighted by Gasteiger charge is 2.16. The molecule has 19 heavy (non-hydrogen) atoms. The first-order valence-electron chi connectivity index (χ1n) is 6.65. The van der Waals surface area contributed by atoms with E-state index in [-0.39, 0.29) is 0 Å². The first kappa shape index (κ1) is 12.1. The maximum atomic E-state index is 4.68. The zero-order valence-corrected chi connectivity index (χ0v) is 12.2. The van der Waals surface area contributed by atoms with E-state index in [9.17, 15) is 0 Å². The monoisotopic (exact) mass is 251 g/mol. The average Bonchev–Trinajstić information content (AvgIpc) is 2.39. The third kappa shape index (κ3) is 1.63. The average molecular weight is 251 g/mol. The highest BCUT2D eigenvalue weighted by atomic mass is 14.9. The van der Waals surface area contributed by atoms with Gasteiger partial charge in [-0.05, 0) is 50.5 Å². The van der Waals surface area contributed by atoms with E-state index in [1.165, 1.54) is 38.5 Å². The number of fused-ring (bicyclic) bond motifs is 3. The molecule has 2 heterocycles. The van der Waals surface area contributed by atoms with Crippen LogP contribution in [-0.2, 0) is 7.05 Å². The van der Waals surface area contributed by atoms with E-state index in [2.05, 4.69) is 62.6 Å². The van der Waals surface area contributed by atoms with Gasteiger partial charge in [0.25, 0.3) is 0 Å². The molecule has 0 saturated heterocycles. The van der Waals surface area contributed by atoms with Crippen LogP contribution in [0.25, 0.3) is 21.8 Å². The molecule has 3 rings (SSSR count). The van der Waals surface area contributed by atoms with E-state index in [1.54, 1.807) is 0 Å². The molecule has 0 radical (unpaired) electrons. The lowest BCUT2D eigenvalue weighted by molar-refractivity contribution is -0.644. The standard InChI is InChI=1S/C17H19N2/c1-10-8-18-16-14(12(10)3)6-7-15-13(4)11(2)9-19(5)17(15)16/h6-9H,1-5H3/q+1. The van der Waals surface area contributed by atoms with E-state index in [0.717, 1.165) is 5.52 Å². The second kappa shape index (κ2) is 4.02. The molecule has 3 aromatic rings. The fourth-order valence-electron chi connectivity index (χ4n) is 2.81. The summed E-state index contributed by atoms with van der Waals surface area (Å²) in [6.45, 7) is 8.63. The highest BCUT2D eigenvalue weighted by Crippen LogP contribution is 2.27. The van der Waals surface area contributed by atoms with Crippen molar-refractivity contribution in [2.75, 3.05) is 0 Å². The smallest absolute Gasteiger partial charge is 0.239 e. The molecule has 0 fully saturated rings. The predicted molar refractivity (Wildman–Crippen MR) is 79.4 cm³/mol. The van der Waals surface area contributed by atoms with Gasteiger partial charge < -0.3 is 0 Å². The van der Waals surface area contributed by atoms with Gasteiger partial charge in [-0.25, -0.2) is 4.98 Å². The maximum Gasteiger partial charge on any atom is 0.239 e. The second-order valence-electron chi connectivity index (χ2n) is 5.47. The van der Waals surface area contributed by atoms with Crippen LogP contribution in [-0.4, -0.2) is 4.98 Å². The molecule has 0 aliphatic rings. The molecule has 2 nitrogen and oxygen atoms in total. The number of aromatic nitrogens is 2. The molecule has 0 bridgehead atoms. The summed E-state index contributed by atoms with van der Waals surface area (Å²) in [6, 6.07) is 4.44. The second-order valence-corrected chi connectivity index (χ2v) is 5.47. The Hall–Kier alpha value is -1.96. The van der Waals surface area contributed by atoms with Crippen LogP contribution < -0.4 is 4.57 Å². The van der Waals surface area contributed by atoms with Crippen molar-refractivity contribution in [3.8, 4) is 0 Å². The molecule has 2 aromatic heterocycles. The van der Waals surface area contributed by atoms with E-state index in [0.29, 0.717) is 0 Å². The van der Waals surface area contributed by atoms with Gasteiger partial charge in [0.2, 0.25) is 5.52 Å². The number of pyridine rings is 2. The number of rotatable bonds is 0. The first-order valence-corrected chi connectivity index (χ1v) is 6.65. The Bertz CT molecular complexity index is 817. The number of nitrogens with zero attached hydrogens (tertiary/aromatic N) is 2. The van der Waals surface area contributed by atoms with Gasteiger partial charge in [-0.1, -0.05) is 6.07 Å². The summed E-state index contributed by atoms with van der Waals surface area (Å²) in [4.78, 5) is 4.68. The van der Waals surface area contributed by atoms with Crippen LogP contribution >= 0.6 is 0 Å². The van der Waals surface area contributed by atoms with Crippen LogP contribution in [0.1, 0.15) is 22.3 Å². The largest absolute Gasteiger partial charge is 0.249 e. The third-order valence-corrected chi connectivity index (χ3v) is 4.27. The van der Waals surface area contributed by atoms with Gasteiger partial charge in [-0.15, -0.1) is 0 Å². The van der Waals surface area contributed by atoms with Crippen molar-refractivity contribution in [2.24, 2.45) is 7.05 Å². The van der Waals surface area contributed by atoms with Crippen molar-refractivity contribution >= 4 is 21.8 Å². The van der Waals surface area contributed by atoms with Crippen LogP contribution in [0, 0.1) is 27.7 Å². The lowest BCUT2D eigenvalue weighted by Gasteiger charge is -2.09. The van der Waals surface area contributed by atoms with Crippen LogP contribution in [0.5, 0.6) is 0 Å². The molecule has 0 spiro atoms. The number of benzene rings is 1. The molecule has 1 aromatic carbocycles. The molecule has 0 aliphatic carbocycles. The minimum atomic E-state index is 1.10. The van der Waals surface area contributed by atoms with Gasteiger partial charge >= 0.3 is 0 Å². The van der Waals surface area contributed by atoms with Gasteiger partial charge in [0, 0.05) is 17.1 Å². The van der Waals surface area contributed by atoms with Crippen molar-refractivity contribution in [3.05, 3.63) is 46.8 Å². The number of hydrogen-bond donors (Lipinski definition) is 0. The quantitative estimate of drug-likeness (QED) is 0.442. The van der Waals surface area contributed by atoms with E-state index in [1.807, 2.05) is 6.20 Å². The van der Waals surface area contributed by atoms with Gasteiger partial charge in [0.15, 0.2) is 6.20 Å². The summed E-state index contributed by atoms with van der Waals surface area (Å²) in [5.74, 6) is 0. The molecule has 96 valence electrons. The van der Waals surface area contributed by atoms with Crippen LogP contribution in [0.3, 0.4) is 0 Å². The van der Waals surface area contributed by atoms with Crippen molar-refractivity contribution in [1.82, 2.24) is 4.98 Å². The SMILES string of the molecule is Cc1cnc2c(ccc3c(C)c(C)c[n+](C)c32)c1C. The van der Waals surface area contributed by atoms with Gasteiger partial charge in [0.05, 0.1) is 5.39 Å². The molecule has 0 N–H and O–H groups in total. The summed E-state index contributed by atoms with van der Waals surface area (Å²) in [7, 11) is 2.10. The molecule has 0 aliphatic heterocycles. The molecular weight excluding hydrogens is 232 g/mol. The van der Waals surface area contributed by atoms with E-state index >= 15 is 0 Å². The molecule has 0 atom stereocenters. The minimum absolute atomic E-state index is 1.10. The van der Waals surface area contributed by atoms with Crippen LogP contribution in [0.15, 0.2) is 24.5 Å². The third-order valence-electron chi connectivity index (χ3n) is 4.27. The Kier molecular flexibility index (Phi) is 2.56. The predicted octanol–water partition coefficient (Wildman–Crippen LogP) is 3.45. The fraction of sp³-hybridized carbons (Fsp3) is 0.294. The minimum Gasteiger partial charge on any atom is -0.249 e. The zero-order chi connectivity index (χ0) is 13.7. The molecule has 0 amide bonds. The van der Waals surface area contributed by atoms with Crippen LogP contribution in [0.4, 0.5) is 0 Å². The van der Waals surface area contributed by atoms with E-state index in [4.69, 9.17) is 0 Å². The first-order chi connectivity index (χ1) is 9.00. The van der Waals surface area contributed by atoms with E-state index < -0.39 is 0 Å². The summed E-state index contributed by atoms with van der Waals surface area (Å²) >= 11 is 0. The summed E-state index contributed by atoms with van der Waals surface area (Å²) in [5.41, 5.74) is 7.56. The van der Waals surface area contributed by atoms with Gasteiger partial charge in [0.1, 0.15) is 12.6 Å². The Morgan fingerprint density at radius 1 is 0.895 bits per heavy atom. The topological polar surface area (TPSA) is 16.8 Å². The molecule has 0 unspecified atom stereocenters. The lowest BCUT2D eigenvalue weighted by Crippen LogP contribution is -2.30. The maximum absolute atomic E-state index is 4.68. The van der Waals surface area contributed by atoms with Crippen LogP contribution in [0.2, 0.25) is 0 Å². The van der Waals surface area contributed by atoms with Crippen molar-refractivity contribution in [3.63, 3.8) is 0 Å². The van der Waals surface area contributed by atoms with Gasteiger partial charge in [-0.3, -0.25) is 0 Å². The number of hydrogen-bond acceptors (Lipinski definition) is 1. The Morgan fingerprint density at radius 2 is 1.53 bits per heavy atom. The van der Waals surface area contributed by atoms with Crippen molar-refractivity contribution in [1.29, 1.82) is 0 Å². The lowest BCUT2D eigenvalue weighted by atomic mass is 10.00. The number of aryl methyl sites for hydroxylation is 5.